The molecule has 1 saturated heterocycles. The monoisotopic (exact) mass is 400 g/mol. The summed E-state index contributed by atoms with van der Waals surface area (Å²) in [6.07, 6.45) is 0. The minimum absolute atomic E-state index is 0.135. The van der Waals surface area contributed by atoms with Gasteiger partial charge in [0.1, 0.15) is 23.1 Å². The first-order valence-electron chi connectivity index (χ1n) is 5.88. The van der Waals surface area contributed by atoms with Gasteiger partial charge < -0.3 is 15.0 Å². The number of nitrogens with zero attached hydrogens (tertiary/aromatic N) is 1. The summed E-state index contributed by atoms with van der Waals surface area (Å²) in [6, 6.07) is 1.80. The fourth-order valence-corrected chi connectivity index (χ4v) is 3.31. The lowest BCUT2D eigenvalue weighted by atomic mass is 10.3. The van der Waals surface area contributed by atoms with E-state index in [4.69, 9.17) is 15.4 Å². The van der Waals surface area contributed by atoms with Crippen LogP contribution in [0.4, 0.5) is 9.18 Å². The number of ether oxygens (including phenoxy) is 1. The van der Waals surface area contributed by atoms with Crippen molar-refractivity contribution < 1.29 is 22.3 Å². The molecule has 0 saturated carbocycles. The smallest absolute Gasteiger partial charge is 0.317 e. The molecule has 1 aromatic rings. The lowest BCUT2D eigenvalue weighted by Crippen LogP contribution is -2.31. The zero-order valence-corrected chi connectivity index (χ0v) is 13.8. The maximum Gasteiger partial charge on any atom is 0.317 e. The molecule has 10 heteroatoms. The Bertz CT molecular complexity index is 670. The van der Waals surface area contributed by atoms with Crippen LogP contribution in [0.5, 0.6) is 5.75 Å². The SMILES string of the molecule is O=C1NCCN1CCOc1cc(F)c(S(=O)(=O)Cl)cc1Br. The van der Waals surface area contributed by atoms with Gasteiger partial charge in [-0.15, -0.1) is 0 Å². The van der Waals surface area contributed by atoms with Gasteiger partial charge in [0.05, 0.1) is 11.0 Å². The molecule has 6 nitrogen and oxygen atoms in total. The highest BCUT2D eigenvalue weighted by molar-refractivity contribution is 9.10. The summed E-state index contributed by atoms with van der Waals surface area (Å²) in [4.78, 5) is 12.2. The third kappa shape index (κ3) is 3.98. The Morgan fingerprint density at radius 3 is 2.76 bits per heavy atom. The van der Waals surface area contributed by atoms with Gasteiger partial charge >= 0.3 is 6.03 Å². The number of rotatable bonds is 5. The zero-order chi connectivity index (χ0) is 15.6. The van der Waals surface area contributed by atoms with Crippen molar-refractivity contribution in [1.82, 2.24) is 10.2 Å². The molecule has 21 heavy (non-hydrogen) atoms. The Morgan fingerprint density at radius 1 is 1.48 bits per heavy atom. The number of hydrogen-bond acceptors (Lipinski definition) is 4. The van der Waals surface area contributed by atoms with Crippen molar-refractivity contribution in [3.8, 4) is 5.75 Å². The molecular weight excluding hydrogens is 391 g/mol. The minimum Gasteiger partial charge on any atom is -0.490 e. The molecule has 1 heterocycles. The maximum atomic E-state index is 13.7. The Balaban J connectivity index is 2.04. The zero-order valence-electron chi connectivity index (χ0n) is 10.6. The number of hydrogen-bond donors (Lipinski definition) is 1. The summed E-state index contributed by atoms with van der Waals surface area (Å²) in [5, 5.41) is 2.64. The molecule has 0 unspecified atom stereocenters. The molecule has 116 valence electrons. The van der Waals surface area contributed by atoms with Crippen molar-refractivity contribution in [2.45, 2.75) is 4.90 Å². The summed E-state index contributed by atoms with van der Waals surface area (Å²) in [5.74, 6) is -0.863. The summed E-state index contributed by atoms with van der Waals surface area (Å²) in [5.41, 5.74) is 0. The van der Waals surface area contributed by atoms with Gasteiger partial charge in [-0.1, -0.05) is 0 Å². The molecule has 2 amide bonds. The Labute approximate surface area is 133 Å². The quantitative estimate of drug-likeness (QED) is 0.765. The van der Waals surface area contributed by atoms with E-state index in [1.807, 2.05) is 0 Å². The molecule has 1 aliphatic heterocycles. The van der Waals surface area contributed by atoms with Crippen LogP contribution in [0, 0.1) is 5.82 Å². The summed E-state index contributed by atoms with van der Waals surface area (Å²) in [6.45, 7) is 1.66. The number of amides is 2. The first kappa shape index (κ1) is 16.3. The molecular formula is C11H11BrClFN2O4S. The van der Waals surface area contributed by atoms with E-state index in [1.54, 1.807) is 4.90 Å². The van der Waals surface area contributed by atoms with Crippen molar-refractivity contribution in [2.24, 2.45) is 0 Å². The second-order valence-electron chi connectivity index (χ2n) is 4.22. The molecule has 0 radical (unpaired) electrons. The first-order chi connectivity index (χ1) is 9.79. The van der Waals surface area contributed by atoms with E-state index in [2.05, 4.69) is 21.2 Å². The number of halogens is 3. The van der Waals surface area contributed by atoms with Crippen LogP contribution in [0.15, 0.2) is 21.5 Å². The van der Waals surface area contributed by atoms with E-state index in [-0.39, 0.29) is 22.9 Å². The first-order valence-corrected chi connectivity index (χ1v) is 8.98. The number of urea groups is 1. The van der Waals surface area contributed by atoms with Gasteiger partial charge in [0.2, 0.25) is 0 Å². The highest BCUT2D eigenvalue weighted by Crippen LogP contribution is 2.31. The number of carbonyl (C=O) groups is 1. The average molecular weight is 402 g/mol. The maximum absolute atomic E-state index is 13.7. The predicted octanol–water partition coefficient (Wildman–Crippen LogP) is 1.92. The van der Waals surface area contributed by atoms with E-state index < -0.39 is 19.8 Å². The summed E-state index contributed by atoms with van der Waals surface area (Å²) < 4.78 is 41.6. The summed E-state index contributed by atoms with van der Waals surface area (Å²) in [7, 11) is 0.951. The van der Waals surface area contributed by atoms with Gasteiger partial charge in [-0.05, 0) is 22.0 Å². The van der Waals surface area contributed by atoms with Gasteiger partial charge in [-0.2, -0.15) is 0 Å². The van der Waals surface area contributed by atoms with E-state index in [1.165, 1.54) is 0 Å². The second kappa shape index (κ2) is 6.37. The van der Waals surface area contributed by atoms with Gasteiger partial charge in [0.25, 0.3) is 9.05 Å². The molecule has 1 fully saturated rings. The van der Waals surface area contributed by atoms with Crippen LogP contribution in [0.3, 0.4) is 0 Å². The Kier molecular flexibility index (Phi) is 4.95. The molecule has 1 N–H and O–H groups in total. The average Bonchev–Trinajstić information content (AvgIpc) is 2.77. The van der Waals surface area contributed by atoms with Gasteiger partial charge in [-0.3, -0.25) is 0 Å². The van der Waals surface area contributed by atoms with Crippen molar-refractivity contribution in [2.75, 3.05) is 26.2 Å². The largest absolute Gasteiger partial charge is 0.490 e. The molecule has 0 bridgehead atoms. The van der Waals surface area contributed by atoms with E-state index in [0.717, 1.165) is 12.1 Å². The van der Waals surface area contributed by atoms with Crippen molar-refractivity contribution in [3.05, 3.63) is 22.4 Å². The van der Waals surface area contributed by atoms with Crippen LogP contribution in [0.2, 0.25) is 0 Å². The van der Waals surface area contributed by atoms with Crippen LogP contribution in [-0.2, 0) is 9.05 Å². The molecule has 0 aliphatic carbocycles. The van der Waals surface area contributed by atoms with Crippen molar-refractivity contribution >= 4 is 41.7 Å². The van der Waals surface area contributed by atoms with Crippen molar-refractivity contribution in [1.29, 1.82) is 0 Å². The molecule has 1 aromatic carbocycles. The Hall–Kier alpha value is -1.06. The number of nitrogens with one attached hydrogen (secondary N) is 1. The third-order valence-electron chi connectivity index (χ3n) is 2.81. The topological polar surface area (TPSA) is 75.7 Å². The Morgan fingerprint density at radius 2 is 2.19 bits per heavy atom. The van der Waals surface area contributed by atoms with Crippen LogP contribution < -0.4 is 10.1 Å². The lowest BCUT2D eigenvalue weighted by molar-refractivity contribution is 0.202. The standard InChI is InChI=1S/C11H11BrClFN2O4S/c12-7-5-10(21(13,18)19)8(14)6-9(7)20-4-3-16-2-1-15-11(16)17/h5-6H,1-4H2,(H,15,17). The number of carbonyl (C=O) groups excluding carboxylic acids is 1. The second-order valence-corrected chi connectivity index (χ2v) is 7.61. The molecule has 1 aliphatic rings. The van der Waals surface area contributed by atoms with E-state index in [0.29, 0.717) is 19.6 Å². The fraction of sp³-hybridized carbons (Fsp3) is 0.364. The number of benzene rings is 1. The van der Waals surface area contributed by atoms with Crippen molar-refractivity contribution in [3.63, 3.8) is 0 Å². The molecule has 0 aromatic heterocycles. The van der Waals surface area contributed by atoms with Crippen LogP contribution in [0.1, 0.15) is 0 Å². The van der Waals surface area contributed by atoms with Crippen LogP contribution in [-0.4, -0.2) is 45.6 Å². The van der Waals surface area contributed by atoms with E-state index in [9.17, 15) is 17.6 Å². The third-order valence-corrected chi connectivity index (χ3v) is 4.77. The van der Waals surface area contributed by atoms with Gasteiger partial charge in [-0.25, -0.2) is 17.6 Å². The van der Waals surface area contributed by atoms with E-state index >= 15 is 0 Å². The predicted molar refractivity (Wildman–Crippen MR) is 77.6 cm³/mol. The fourth-order valence-electron chi connectivity index (χ4n) is 1.80. The summed E-state index contributed by atoms with van der Waals surface area (Å²) >= 11 is 3.09. The van der Waals surface area contributed by atoms with Gasteiger partial charge in [0.15, 0.2) is 0 Å². The lowest BCUT2D eigenvalue weighted by Gasteiger charge is -2.15. The van der Waals surface area contributed by atoms with Gasteiger partial charge in [0, 0.05) is 29.8 Å². The van der Waals surface area contributed by atoms with Crippen LogP contribution >= 0.6 is 26.6 Å². The molecule has 2 rings (SSSR count). The highest BCUT2D eigenvalue weighted by atomic mass is 79.9. The van der Waals surface area contributed by atoms with Crippen LogP contribution in [0.25, 0.3) is 0 Å². The molecule has 0 spiro atoms. The highest BCUT2D eigenvalue weighted by Gasteiger charge is 2.21. The molecule has 0 atom stereocenters. The minimum atomic E-state index is -4.16. The normalized spacial score (nSPS) is 15.2.